The van der Waals surface area contributed by atoms with Crippen LogP contribution in [-0.4, -0.2) is 16.5 Å². The van der Waals surface area contributed by atoms with Gasteiger partial charge in [-0.15, -0.1) is 6.58 Å². The van der Waals surface area contributed by atoms with Gasteiger partial charge in [0.05, 0.1) is 5.60 Å². The second kappa shape index (κ2) is 5.04. The summed E-state index contributed by atoms with van der Waals surface area (Å²) in [6.07, 6.45) is 14.6. The Bertz CT molecular complexity index is 665. The van der Waals surface area contributed by atoms with E-state index in [1.807, 2.05) is 12.2 Å². The lowest BCUT2D eigenvalue weighted by atomic mass is 9.58. The Balaban J connectivity index is 1.79. The maximum atomic E-state index is 11.7. The highest BCUT2D eigenvalue weighted by atomic mass is 16.3. The molecule has 0 bridgehead atoms. The van der Waals surface area contributed by atoms with Crippen LogP contribution in [-0.2, 0) is 4.79 Å². The van der Waals surface area contributed by atoms with Gasteiger partial charge in [0.15, 0.2) is 5.78 Å². The van der Waals surface area contributed by atoms with E-state index in [2.05, 4.69) is 25.7 Å². The van der Waals surface area contributed by atoms with E-state index in [-0.39, 0.29) is 11.2 Å². The van der Waals surface area contributed by atoms with E-state index < -0.39 is 5.60 Å². The molecular weight excluding hydrogens is 284 g/mol. The molecule has 0 saturated heterocycles. The van der Waals surface area contributed by atoms with Crippen LogP contribution in [0.1, 0.15) is 51.9 Å². The minimum atomic E-state index is -0.648. The third kappa shape index (κ3) is 2.00. The molecule has 2 heteroatoms. The average molecular weight is 310 g/mol. The second-order valence-corrected chi connectivity index (χ2v) is 8.00. The molecule has 4 aliphatic carbocycles. The molecule has 3 unspecified atom stereocenters. The summed E-state index contributed by atoms with van der Waals surface area (Å²) in [5.41, 5.74) is 3.37. The zero-order valence-corrected chi connectivity index (χ0v) is 14.0. The topological polar surface area (TPSA) is 37.3 Å². The van der Waals surface area contributed by atoms with Gasteiger partial charge >= 0.3 is 0 Å². The number of carbonyl (C=O) groups is 1. The van der Waals surface area contributed by atoms with Crippen LogP contribution in [0.25, 0.3) is 0 Å². The molecule has 1 N–H and O–H groups in total. The predicted octanol–water partition coefficient (Wildman–Crippen LogP) is 4.28. The van der Waals surface area contributed by atoms with Gasteiger partial charge in [0, 0.05) is 11.8 Å². The summed E-state index contributed by atoms with van der Waals surface area (Å²) in [4.78, 5) is 11.7. The molecule has 4 atom stereocenters. The van der Waals surface area contributed by atoms with Gasteiger partial charge in [0.2, 0.25) is 0 Å². The molecule has 0 aromatic rings. The van der Waals surface area contributed by atoms with Gasteiger partial charge in [-0.25, -0.2) is 0 Å². The van der Waals surface area contributed by atoms with Crippen LogP contribution >= 0.6 is 0 Å². The Kier molecular flexibility index (Phi) is 3.32. The van der Waals surface area contributed by atoms with Crippen molar-refractivity contribution in [3.8, 4) is 0 Å². The summed E-state index contributed by atoms with van der Waals surface area (Å²) in [6.45, 7) is 6.09. The van der Waals surface area contributed by atoms with Crippen LogP contribution in [0.2, 0.25) is 0 Å². The Morgan fingerprint density at radius 3 is 2.96 bits per heavy atom. The summed E-state index contributed by atoms with van der Waals surface area (Å²) in [5, 5.41) is 11.2. The summed E-state index contributed by atoms with van der Waals surface area (Å²) in [6, 6.07) is 0. The van der Waals surface area contributed by atoms with E-state index >= 15 is 0 Å². The maximum Gasteiger partial charge on any atom is 0.156 e. The Hall–Kier alpha value is -1.41. The van der Waals surface area contributed by atoms with Crippen molar-refractivity contribution in [2.75, 3.05) is 0 Å². The fraction of sp³-hybridized carbons (Fsp3) is 0.571. The Morgan fingerprint density at radius 1 is 1.35 bits per heavy atom. The molecule has 0 aliphatic heterocycles. The molecule has 0 spiro atoms. The van der Waals surface area contributed by atoms with E-state index in [0.29, 0.717) is 24.7 Å². The van der Waals surface area contributed by atoms with Crippen LogP contribution in [0.4, 0.5) is 0 Å². The predicted molar refractivity (Wildman–Crippen MR) is 91.8 cm³/mol. The zero-order chi connectivity index (χ0) is 16.2. The second-order valence-electron chi connectivity index (χ2n) is 8.00. The third-order valence-electron chi connectivity index (χ3n) is 7.04. The first-order valence-corrected chi connectivity index (χ1v) is 8.98. The highest BCUT2D eigenvalue weighted by molar-refractivity contribution is 5.93. The van der Waals surface area contributed by atoms with Crippen molar-refractivity contribution in [2.24, 2.45) is 17.3 Å². The van der Waals surface area contributed by atoms with E-state index in [4.69, 9.17) is 0 Å². The lowest BCUT2D eigenvalue weighted by molar-refractivity contribution is -0.114. The smallest absolute Gasteiger partial charge is 0.156 e. The van der Waals surface area contributed by atoms with Gasteiger partial charge in [-0.1, -0.05) is 25.2 Å². The van der Waals surface area contributed by atoms with Crippen molar-refractivity contribution < 1.29 is 9.90 Å². The molecule has 1 fully saturated rings. The lowest BCUT2D eigenvalue weighted by Crippen LogP contribution is -2.47. The van der Waals surface area contributed by atoms with Gasteiger partial charge < -0.3 is 5.11 Å². The minimum Gasteiger partial charge on any atom is -0.389 e. The van der Waals surface area contributed by atoms with Crippen molar-refractivity contribution in [2.45, 2.75) is 57.5 Å². The number of carbonyl (C=O) groups excluding carboxylic acids is 1. The molecule has 0 aromatic carbocycles. The van der Waals surface area contributed by atoms with Gasteiger partial charge in [-0.05, 0) is 73.2 Å². The first kappa shape index (κ1) is 15.1. The number of hydrogen-bond acceptors (Lipinski definition) is 2. The molecule has 2 nitrogen and oxygen atoms in total. The van der Waals surface area contributed by atoms with Gasteiger partial charge in [0.25, 0.3) is 0 Å². The van der Waals surface area contributed by atoms with Crippen molar-refractivity contribution in [1.29, 1.82) is 0 Å². The van der Waals surface area contributed by atoms with E-state index in [1.54, 1.807) is 0 Å². The van der Waals surface area contributed by atoms with Gasteiger partial charge in [-0.2, -0.15) is 0 Å². The Labute approximate surface area is 138 Å². The lowest BCUT2D eigenvalue weighted by Gasteiger charge is -2.48. The van der Waals surface area contributed by atoms with Gasteiger partial charge in [-0.3, -0.25) is 4.79 Å². The number of ketones is 1. The molecular formula is C21H26O2. The summed E-state index contributed by atoms with van der Waals surface area (Å²) in [5.74, 6) is 1.34. The summed E-state index contributed by atoms with van der Waals surface area (Å²) in [7, 11) is 0. The summed E-state index contributed by atoms with van der Waals surface area (Å²) >= 11 is 0. The zero-order valence-electron chi connectivity index (χ0n) is 14.0. The first-order valence-electron chi connectivity index (χ1n) is 8.98. The van der Waals surface area contributed by atoms with Crippen molar-refractivity contribution >= 4 is 5.78 Å². The molecule has 122 valence electrons. The first-order chi connectivity index (χ1) is 11.0. The molecule has 1 saturated carbocycles. The normalized spacial score (nSPS) is 42.0. The van der Waals surface area contributed by atoms with Crippen LogP contribution < -0.4 is 0 Å². The SMILES string of the molecule is C=CC[C@]1(O)CCC2C3CCC4=CC(=O)CCC4=C3C=CC21C. The fourth-order valence-corrected chi connectivity index (χ4v) is 5.68. The van der Waals surface area contributed by atoms with Crippen LogP contribution in [0, 0.1) is 17.3 Å². The number of rotatable bonds is 2. The van der Waals surface area contributed by atoms with Crippen molar-refractivity contribution in [3.63, 3.8) is 0 Å². The van der Waals surface area contributed by atoms with Crippen LogP contribution in [0.15, 0.2) is 47.6 Å². The molecule has 23 heavy (non-hydrogen) atoms. The van der Waals surface area contributed by atoms with Crippen LogP contribution in [0.3, 0.4) is 0 Å². The number of aliphatic hydroxyl groups is 1. The molecule has 0 radical (unpaired) electrons. The van der Waals surface area contributed by atoms with Crippen molar-refractivity contribution in [3.05, 3.63) is 47.6 Å². The number of fused-ring (bicyclic) bond motifs is 4. The molecule has 4 aliphatic rings. The maximum absolute atomic E-state index is 11.7. The number of hydrogen-bond donors (Lipinski definition) is 1. The Morgan fingerprint density at radius 2 is 2.17 bits per heavy atom. The highest BCUT2D eigenvalue weighted by Crippen LogP contribution is 2.61. The quantitative estimate of drug-likeness (QED) is 0.773. The largest absolute Gasteiger partial charge is 0.389 e. The standard InChI is InChI=1S/C21H26O2/c1-3-10-21(23)12-9-19-18-6-4-14-13-15(22)5-7-16(14)17(18)8-11-20(19,21)2/h3,8,11,13,18-19,23H,1,4-7,9-10,12H2,2H3/t18?,19?,20?,21-/m0/s1. The molecule has 4 rings (SSSR count). The van der Waals surface area contributed by atoms with E-state index in [0.717, 1.165) is 32.1 Å². The molecule has 0 aromatic heterocycles. The minimum absolute atomic E-state index is 0.151. The van der Waals surface area contributed by atoms with Crippen molar-refractivity contribution in [1.82, 2.24) is 0 Å². The fourth-order valence-electron chi connectivity index (χ4n) is 5.68. The average Bonchev–Trinajstić information content (AvgIpc) is 2.79. The summed E-state index contributed by atoms with van der Waals surface area (Å²) < 4.78 is 0. The van der Waals surface area contributed by atoms with Gasteiger partial charge in [0.1, 0.15) is 0 Å². The van der Waals surface area contributed by atoms with E-state index in [9.17, 15) is 9.90 Å². The highest BCUT2D eigenvalue weighted by Gasteiger charge is 2.58. The molecule has 0 heterocycles. The number of allylic oxidation sites excluding steroid dienone is 5. The van der Waals surface area contributed by atoms with Crippen LogP contribution in [0.5, 0.6) is 0 Å². The van der Waals surface area contributed by atoms with E-state index in [1.165, 1.54) is 16.7 Å². The monoisotopic (exact) mass is 310 g/mol. The molecule has 0 amide bonds. The third-order valence-corrected chi connectivity index (χ3v) is 7.04.